The second-order valence-corrected chi connectivity index (χ2v) is 6.53. The van der Waals surface area contributed by atoms with Crippen molar-refractivity contribution >= 4 is 10.0 Å². The summed E-state index contributed by atoms with van der Waals surface area (Å²) in [6.45, 7) is 2.71. The highest BCUT2D eigenvalue weighted by Gasteiger charge is 2.13. The van der Waals surface area contributed by atoms with Gasteiger partial charge in [0.05, 0.1) is 6.20 Å². The molecule has 0 aliphatic rings. The summed E-state index contributed by atoms with van der Waals surface area (Å²) >= 11 is 0. The number of rotatable bonds is 11. The van der Waals surface area contributed by atoms with Gasteiger partial charge in [0.25, 0.3) is 10.0 Å². The van der Waals surface area contributed by atoms with E-state index in [1.54, 1.807) is 0 Å². The number of sulfonamides is 1. The average molecular weight is 287 g/mol. The molecule has 0 spiro atoms. The molecule has 1 aromatic heterocycles. The van der Waals surface area contributed by atoms with Crippen molar-refractivity contribution in [3.05, 3.63) is 12.3 Å². The van der Waals surface area contributed by atoms with Crippen LogP contribution in [0.3, 0.4) is 0 Å². The van der Waals surface area contributed by atoms with Gasteiger partial charge in [-0.25, -0.2) is 13.1 Å². The highest BCUT2D eigenvalue weighted by atomic mass is 32.2. The quantitative estimate of drug-likeness (QED) is 0.614. The third-order valence-corrected chi connectivity index (χ3v) is 4.48. The van der Waals surface area contributed by atoms with Crippen LogP contribution in [-0.4, -0.2) is 25.2 Å². The second-order valence-electron chi connectivity index (χ2n) is 4.79. The second kappa shape index (κ2) is 9.09. The van der Waals surface area contributed by atoms with Crippen LogP contribution in [0.15, 0.2) is 17.3 Å². The van der Waals surface area contributed by atoms with Crippen molar-refractivity contribution in [1.82, 2.24) is 14.9 Å². The Kier molecular flexibility index (Phi) is 7.74. The van der Waals surface area contributed by atoms with Crippen LogP contribution in [0.2, 0.25) is 0 Å². The Morgan fingerprint density at radius 3 is 2.32 bits per heavy atom. The Morgan fingerprint density at radius 2 is 1.74 bits per heavy atom. The van der Waals surface area contributed by atoms with Gasteiger partial charge in [0.1, 0.15) is 0 Å². The number of unbranched alkanes of at least 4 members (excludes halogenated alkanes) is 7. The maximum absolute atomic E-state index is 11.7. The molecule has 0 aliphatic heterocycles. The van der Waals surface area contributed by atoms with Gasteiger partial charge in [-0.3, -0.25) is 5.10 Å². The molecule has 2 N–H and O–H groups in total. The largest absolute Gasteiger partial charge is 0.266 e. The molecule has 19 heavy (non-hydrogen) atoms. The van der Waals surface area contributed by atoms with Crippen LogP contribution in [0.25, 0.3) is 0 Å². The first-order chi connectivity index (χ1) is 9.17. The molecular weight excluding hydrogens is 262 g/mol. The van der Waals surface area contributed by atoms with Gasteiger partial charge in [0.15, 0.2) is 5.03 Å². The Bertz CT molecular complexity index is 415. The van der Waals surface area contributed by atoms with Gasteiger partial charge in [0, 0.05) is 6.54 Å². The molecule has 0 fully saturated rings. The molecule has 0 saturated carbocycles. The van der Waals surface area contributed by atoms with Crippen LogP contribution in [0, 0.1) is 0 Å². The predicted molar refractivity (Wildman–Crippen MR) is 76.4 cm³/mol. The summed E-state index contributed by atoms with van der Waals surface area (Å²) in [4.78, 5) is 0. The Labute approximate surface area is 116 Å². The molecule has 0 radical (unpaired) electrons. The first-order valence-corrected chi connectivity index (χ1v) is 8.64. The minimum Gasteiger partial charge on any atom is -0.266 e. The lowest BCUT2D eigenvalue weighted by Crippen LogP contribution is -2.25. The predicted octanol–water partition coefficient (Wildman–Crippen LogP) is 2.83. The molecule has 5 nitrogen and oxygen atoms in total. The minimum absolute atomic E-state index is 0.132. The molecule has 0 unspecified atom stereocenters. The molecular formula is C13H25N3O2S. The normalized spacial score (nSPS) is 11.8. The van der Waals surface area contributed by atoms with E-state index in [9.17, 15) is 8.42 Å². The van der Waals surface area contributed by atoms with Crippen LogP contribution < -0.4 is 4.72 Å². The maximum atomic E-state index is 11.7. The standard InChI is InChI=1S/C13H25N3O2S/c1-2-3-4-5-6-7-8-9-11-15-19(17,18)13-10-12-14-16-13/h10,12,15H,2-9,11H2,1H3,(H,14,16). The number of H-pyrrole nitrogens is 1. The van der Waals surface area contributed by atoms with Crippen LogP contribution >= 0.6 is 0 Å². The van der Waals surface area contributed by atoms with Gasteiger partial charge < -0.3 is 0 Å². The summed E-state index contributed by atoms with van der Waals surface area (Å²) in [7, 11) is -3.39. The lowest BCUT2D eigenvalue weighted by Gasteiger charge is -2.04. The highest BCUT2D eigenvalue weighted by molar-refractivity contribution is 7.89. The van der Waals surface area contributed by atoms with Crippen LogP contribution in [0.4, 0.5) is 0 Å². The summed E-state index contributed by atoms with van der Waals surface area (Å²) < 4.78 is 26.0. The number of nitrogens with one attached hydrogen (secondary N) is 2. The summed E-state index contributed by atoms with van der Waals surface area (Å²) in [5.74, 6) is 0. The topological polar surface area (TPSA) is 74.8 Å². The Balaban J connectivity index is 2.02. The molecule has 0 bridgehead atoms. The molecule has 0 aliphatic carbocycles. The molecule has 0 amide bonds. The van der Waals surface area contributed by atoms with Crippen molar-refractivity contribution in [2.75, 3.05) is 6.54 Å². The van der Waals surface area contributed by atoms with E-state index in [2.05, 4.69) is 21.8 Å². The van der Waals surface area contributed by atoms with E-state index < -0.39 is 10.0 Å². The zero-order chi connectivity index (χ0) is 14.0. The van der Waals surface area contributed by atoms with Crippen molar-refractivity contribution in [2.24, 2.45) is 0 Å². The molecule has 6 heteroatoms. The molecule has 1 heterocycles. The Hall–Kier alpha value is -0.880. The zero-order valence-electron chi connectivity index (χ0n) is 11.7. The fraction of sp³-hybridized carbons (Fsp3) is 0.769. The smallest absolute Gasteiger partial charge is 0.257 e. The van der Waals surface area contributed by atoms with Gasteiger partial charge in [0.2, 0.25) is 0 Å². The summed E-state index contributed by atoms with van der Waals surface area (Å²) in [6.07, 6.45) is 11.1. The maximum Gasteiger partial charge on any atom is 0.257 e. The molecule has 1 aromatic rings. The number of hydrogen-bond donors (Lipinski definition) is 2. The lowest BCUT2D eigenvalue weighted by molar-refractivity contribution is 0.557. The highest BCUT2D eigenvalue weighted by Crippen LogP contribution is 2.08. The van der Waals surface area contributed by atoms with Crippen LogP contribution in [-0.2, 0) is 10.0 Å². The Morgan fingerprint density at radius 1 is 1.11 bits per heavy atom. The fourth-order valence-corrected chi connectivity index (χ4v) is 2.92. The van der Waals surface area contributed by atoms with Crippen molar-refractivity contribution < 1.29 is 8.42 Å². The number of aromatic amines is 1. The molecule has 0 atom stereocenters. The summed E-state index contributed by atoms with van der Waals surface area (Å²) in [5, 5.41) is 6.23. The van der Waals surface area contributed by atoms with E-state index in [-0.39, 0.29) is 5.03 Å². The van der Waals surface area contributed by atoms with Crippen LogP contribution in [0.1, 0.15) is 58.3 Å². The van der Waals surface area contributed by atoms with E-state index in [1.165, 1.54) is 50.8 Å². The third kappa shape index (κ3) is 6.73. The van der Waals surface area contributed by atoms with Gasteiger partial charge in [-0.15, -0.1) is 0 Å². The van der Waals surface area contributed by atoms with Gasteiger partial charge >= 0.3 is 0 Å². The van der Waals surface area contributed by atoms with Gasteiger partial charge in [-0.2, -0.15) is 5.10 Å². The van der Waals surface area contributed by atoms with Crippen molar-refractivity contribution in [3.8, 4) is 0 Å². The zero-order valence-corrected chi connectivity index (χ0v) is 12.5. The number of nitrogens with zero attached hydrogens (tertiary/aromatic N) is 1. The van der Waals surface area contributed by atoms with E-state index in [0.717, 1.165) is 12.8 Å². The molecule has 0 aromatic carbocycles. The third-order valence-electron chi connectivity index (χ3n) is 3.09. The molecule has 1 rings (SSSR count). The van der Waals surface area contributed by atoms with Crippen molar-refractivity contribution in [1.29, 1.82) is 0 Å². The monoisotopic (exact) mass is 287 g/mol. The van der Waals surface area contributed by atoms with E-state index in [1.807, 2.05) is 0 Å². The minimum atomic E-state index is -3.39. The van der Waals surface area contributed by atoms with E-state index in [4.69, 9.17) is 0 Å². The lowest BCUT2D eigenvalue weighted by atomic mass is 10.1. The van der Waals surface area contributed by atoms with E-state index >= 15 is 0 Å². The fourth-order valence-electron chi connectivity index (χ4n) is 1.94. The molecule has 0 saturated heterocycles. The SMILES string of the molecule is CCCCCCCCCCNS(=O)(=O)c1ccn[nH]1. The molecule has 110 valence electrons. The number of hydrogen-bond acceptors (Lipinski definition) is 3. The number of aromatic nitrogens is 2. The van der Waals surface area contributed by atoms with Crippen LogP contribution in [0.5, 0.6) is 0 Å². The first-order valence-electron chi connectivity index (χ1n) is 7.16. The van der Waals surface area contributed by atoms with Gasteiger partial charge in [-0.05, 0) is 12.5 Å². The van der Waals surface area contributed by atoms with Crippen molar-refractivity contribution in [2.45, 2.75) is 63.3 Å². The van der Waals surface area contributed by atoms with Gasteiger partial charge in [-0.1, -0.05) is 51.9 Å². The first kappa shape index (κ1) is 16.2. The van der Waals surface area contributed by atoms with E-state index in [0.29, 0.717) is 6.54 Å². The van der Waals surface area contributed by atoms with Crippen molar-refractivity contribution in [3.63, 3.8) is 0 Å². The average Bonchev–Trinajstić information content (AvgIpc) is 2.91. The summed E-state index contributed by atoms with van der Waals surface area (Å²) in [6, 6.07) is 1.45. The summed E-state index contributed by atoms with van der Waals surface area (Å²) in [5.41, 5.74) is 0.